The van der Waals surface area contributed by atoms with E-state index in [-0.39, 0.29) is 5.84 Å². The van der Waals surface area contributed by atoms with Gasteiger partial charge in [0.1, 0.15) is 5.84 Å². The average molecular weight is 175 g/mol. The summed E-state index contributed by atoms with van der Waals surface area (Å²) in [4.78, 5) is 10.6. The van der Waals surface area contributed by atoms with E-state index in [0.29, 0.717) is 19.6 Å². The second kappa shape index (κ2) is 6.26. The molecule has 1 amide bonds. The average Bonchev–Trinajstić information content (AvgIpc) is 2.04. The number of carbonyl (C=O) groups excluding carboxylic acids is 1. The largest absolute Gasteiger partial charge is 0.450 e. The van der Waals surface area contributed by atoms with E-state index < -0.39 is 6.09 Å². The molecule has 12 heavy (non-hydrogen) atoms. The number of rotatable bonds is 4. The van der Waals surface area contributed by atoms with Crippen LogP contribution in [0, 0.1) is 0 Å². The van der Waals surface area contributed by atoms with Crippen molar-refractivity contribution in [2.45, 2.75) is 13.3 Å². The number of hydrogen-bond acceptors (Lipinski definition) is 4. The first kappa shape index (κ1) is 10.5. The van der Waals surface area contributed by atoms with Gasteiger partial charge in [0.25, 0.3) is 0 Å². The van der Waals surface area contributed by atoms with Gasteiger partial charge in [-0.25, -0.2) is 4.79 Å². The molecule has 0 aliphatic carbocycles. The fourth-order valence-corrected chi connectivity index (χ4v) is 0.525. The lowest BCUT2D eigenvalue weighted by atomic mass is 10.4. The molecule has 70 valence electrons. The van der Waals surface area contributed by atoms with Gasteiger partial charge in [-0.15, -0.1) is 0 Å². The zero-order valence-electron chi connectivity index (χ0n) is 6.91. The molecule has 0 aliphatic rings. The molecule has 4 N–H and O–H groups in total. The summed E-state index contributed by atoms with van der Waals surface area (Å²) >= 11 is 0. The van der Waals surface area contributed by atoms with Crippen LogP contribution in [0.15, 0.2) is 5.16 Å². The van der Waals surface area contributed by atoms with E-state index >= 15 is 0 Å². The Balaban J connectivity index is 3.37. The first-order chi connectivity index (χ1) is 5.70. The van der Waals surface area contributed by atoms with Crippen molar-refractivity contribution in [3.05, 3.63) is 0 Å². The first-order valence-electron chi connectivity index (χ1n) is 3.57. The molecule has 0 unspecified atom stereocenters. The number of ether oxygens (including phenoxy) is 1. The van der Waals surface area contributed by atoms with E-state index in [1.54, 1.807) is 6.92 Å². The van der Waals surface area contributed by atoms with Crippen LogP contribution in [0.4, 0.5) is 4.79 Å². The normalized spacial score (nSPS) is 10.9. The van der Waals surface area contributed by atoms with Crippen molar-refractivity contribution in [2.24, 2.45) is 10.9 Å². The number of carbonyl (C=O) groups is 1. The zero-order chi connectivity index (χ0) is 9.40. The number of alkyl carbamates (subject to hydrolysis) is 1. The molecule has 0 radical (unpaired) electrons. The van der Waals surface area contributed by atoms with E-state index in [2.05, 4.69) is 15.2 Å². The Kier molecular flexibility index (Phi) is 5.50. The van der Waals surface area contributed by atoms with E-state index in [9.17, 15) is 4.79 Å². The van der Waals surface area contributed by atoms with Crippen molar-refractivity contribution >= 4 is 11.9 Å². The molecule has 0 rings (SSSR count). The second-order valence-electron chi connectivity index (χ2n) is 1.99. The summed E-state index contributed by atoms with van der Waals surface area (Å²) in [6, 6.07) is 0. The minimum absolute atomic E-state index is 0.0757. The fourth-order valence-electron chi connectivity index (χ4n) is 0.525. The molecular weight excluding hydrogens is 162 g/mol. The molecule has 0 saturated carbocycles. The van der Waals surface area contributed by atoms with Gasteiger partial charge < -0.3 is 21.0 Å². The number of amides is 1. The van der Waals surface area contributed by atoms with Gasteiger partial charge in [-0.05, 0) is 6.92 Å². The van der Waals surface area contributed by atoms with Crippen molar-refractivity contribution in [3.8, 4) is 0 Å². The van der Waals surface area contributed by atoms with Gasteiger partial charge in [0, 0.05) is 13.0 Å². The molecule has 0 fully saturated rings. The van der Waals surface area contributed by atoms with E-state index in [0.717, 1.165) is 0 Å². The lowest BCUT2D eigenvalue weighted by Gasteiger charge is -2.03. The third-order valence-corrected chi connectivity index (χ3v) is 1.05. The minimum atomic E-state index is -0.497. The highest BCUT2D eigenvalue weighted by Gasteiger charge is 1.99. The van der Waals surface area contributed by atoms with E-state index in [1.807, 2.05) is 0 Å². The van der Waals surface area contributed by atoms with Crippen LogP contribution in [0.25, 0.3) is 0 Å². The topological polar surface area (TPSA) is 96.9 Å². The van der Waals surface area contributed by atoms with Crippen LogP contribution in [-0.4, -0.2) is 30.3 Å². The predicted octanol–water partition coefficient (Wildman–Crippen LogP) is -0.131. The molecule has 0 aliphatic heterocycles. The number of nitrogens with one attached hydrogen (secondary N) is 1. The Morgan fingerprint density at radius 2 is 2.42 bits per heavy atom. The molecule has 6 heteroatoms. The maximum absolute atomic E-state index is 10.6. The Hall–Kier alpha value is -1.46. The van der Waals surface area contributed by atoms with Crippen LogP contribution in [0.2, 0.25) is 0 Å². The SMILES string of the molecule is CCOC(=O)NCCC(N)=NO. The monoisotopic (exact) mass is 175 g/mol. The van der Waals surface area contributed by atoms with Crippen LogP contribution in [0.3, 0.4) is 0 Å². The molecule has 0 atom stereocenters. The number of nitrogens with two attached hydrogens (primary N) is 1. The van der Waals surface area contributed by atoms with Gasteiger partial charge in [0.2, 0.25) is 0 Å². The maximum Gasteiger partial charge on any atom is 0.407 e. The summed E-state index contributed by atoms with van der Waals surface area (Å²) in [6.45, 7) is 2.34. The number of nitrogens with zero attached hydrogens (tertiary/aromatic N) is 1. The summed E-state index contributed by atoms with van der Waals surface area (Å²) in [6.07, 6.45) is -0.196. The van der Waals surface area contributed by atoms with Gasteiger partial charge in [-0.3, -0.25) is 0 Å². The molecule has 0 aromatic carbocycles. The van der Waals surface area contributed by atoms with Gasteiger partial charge in [-0.2, -0.15) is 0 Å². The number of amidine groups is 1. The lowest BCUT2D eigenvalue weighted by molar-refractivity contribution is 0.152. The smallest absolute Gasteiger partial charge is 0.407 e. The Morgan fingerprint density at radius 1 is 1.75 bits per heavy atom. The second-order valence-corrected chi connectivity index (χ2v) is 1.99. The van der Waals surface area contributed by atoms with Gasteiger partial charge in [-0.1, -0.05) is 5.16 Å². The molecule has 0 aromatic rings. The van der Waals surface area contributed by atoms with Crippen LogP contribution in [-0.2, 0) is 4.74 Å². The van der Waals surface area contributed by atoms with Crippen LogP contribution >= 0.6 is 0 Å². The minimum Gasteiger partial charge on any atom is -0.450 e. The van der Waals surface area contributed by atoms with E-state index in [1.165, 1.54) is 0 Å². The third kappa shape index (κ3) is 5.33. The predicted molar refractivity (Wildman–Crippen MR) is 43.1 cm³/mol. The number of oxime groups is 1. The van der Waals surface area contributed by atoms with Crippen LogP contribution < -0.4 is 11.1 Å². The van der Waals surface area contributed by atoms with Crippen molar-refractivity contribution < 1.29 is 14.7 Å². The molecule has 0 saturated heterocycles. The van der Waals surface area contributed by atoms with Crippen molar-refractivity contribution in [1.82, 2.24) is 5.32 Å². The van der Waals surface area contributed by atoms with Crippen molar-refractivity contribution in [1.29, 1.82) is 0 Å². The Bertz CT molecular complexity index is 169. The van der Waals surface area contributed by atoms with E-state index in [4.69, 9.17) is 10.9 Å². The summed E-state index contributed by atoms with van der Waals surface area (Å²) in [5, 5.41) is 13.3. The van der Waals surface area contributed by atoms with Crippen LogP contribution in [0.1, 0.15) is 13.3 Å². The highest BCUT2D eigenvalue weighted by atomic mass is 16.5. The summed E-state index contributed by atoms with van der Waals surface area (Å²) in [5.74, 6) is 0.0757. The quantitative estimate of drug-likeness (QED) is 0.240. The zero-order valence-corrected chi connectivity index (χ0v) is 6.91. The van der Waals surface area contributed by atoms with Gasteiger partial charge >= 0.3 is 6.09 Å². The Labute approximate surface area is 70.4 Å². The molecule has 0 heterocycles. The maximum atomic E-state index is 10.6. The Morgan fingerprint density at radius 3 is 2.92 bits per heavy atom. The molecule has 0 spiro atoms. The first-order valence-corrected chi connectivity index (χ1v) is 3.57. The third-order valence-electron chi connectivity index (χ3n) is 1.05. The highest BCUT2D eigenvalue weighted by Crippen LogP contribution is 1.79. The fraction of sp³-hybridized carbons (Fsp3) is 0.667. The molecule has 6 nitrogen and oxygen atoms in total. The summed E-state index contributed by atoms with van der Waals surface area (Å²) in [7, 11) is 0. The number of hydrogen-bond donors (Lipinski definition) is 3. The van der Waals surface area contributed by atoms with Crippen molar-refractivity contribution in [2.75, 3.05) is 13.2 Å². The van der Waals surface area contributed by atoms with Gasteiger partial charge in [0.05, 0.1) is 6.61 Å². The molecule has 0 aromatic heterocycles. The highest BCUT2D eigenvalue weighted by molar-refractivity contribution is 5.80. The molecule has 0 bridgehead atoms. The van der Waals surface area contributed by atoms with Gasteiger partial charge in [0.15, 0.2) is 0 Å². The van der Waals surface area contributed by atoms with Crippen LogP contribution in [0.5, 0.6) is 0 Å². The van der Waals surface area contributed by atoms with Crippen molar-refractivity contribution in [3.63, 3.8) is 0 Å². The molecular formula is C6H13N3O3. The lowest BCUT2D eigenvalue weighted by Crippen LogP contribution is -2.28. The standard InChI is InChI=1S/C6H13N3O3/c1-2-12-6(10)8-4-3-5(7)9-11/h11H,2-4H2,1H3,(H2,7,9)(H,8,10). The summed E-state index contributed by atoms with van der Waals surface area (Å²) < 4.78 is 4.56. The summed E-state index contributed by atoms with van der Waals surface area (Å²) in [5.41, 5.74) is 5.14.